The zero-order valence-corrected chi connectivity index (χ0v) is 8.69. The molecule has 1 spiro atoms. The quantitative estimate of drug-likeness (QED) is 0.714. The highest BCUT2D eigenvalue weighted by Gasteiger charge is 2.45. The lowest BCUT2D eigenvalue weighted by atomic mass is 9.65. The number of fused-ring (bicyclic) bond motifs is 2. The molecule has 1 aromatic rings. The largest absolute Gasteiger partial charge is 0.416 e. The lowest BCUT2D eigenvalue weighted by Crippen LogP contribution is -2.36. The van der Waals surface area contributed by atoms with Crippen LogP contribution in [0.3, 0.4) is 0 Å². The first-order chi connectivity index (χ1) is 7.51. The molecule has 0 aromatic heterocycles. The molecule has 1 saturated carbocycles. The minimum atomic E-state index is -4.23. The standard InChI is InChI=1S/C12H12F3N/c13-12(14,15)8-2-3-10-9(6-8)11(7-16-10)4-1-5-11/h2-3,6,16H,1,4-5,7H2. The summed E-state index contributed by atoms with van der Waals surface area (Å²) < 4.78 is 37.8. The van der Waals surface area contributed by atoms with Crippen LogP contribution in [0.4, 0.5) is 18.9 Å². The fourth-order valence-corrected chi connectivity index (χ4v) is 2.72. The van der Waals surface area contributed by atoms with Gasteiger partial charge in [0.1, 0.15) is 0 Å². The third-order valence-electron chi connectivity index (χ3n) is 3.85. The van der Waals surface area contributed by atoms with Crippen LogP contribution in [-0.4, -0.2) is 6.54 Å². The van der Waals surface area contributed by atoms with Gasteiger partial charge >= 0.3 is 6.18 Å². The van der Waals surface area contributed by atoms with Crippen molar-refractivity contribution < 1.29 is 13.2 Å². The van der Waals surface area contributed by atoms with Crippen LogP contribution in [0.1, 0.15) is 30.4 Å². The fraction of sp³-hybridized carbons (Fsp3) is 0.500. The molecule has 1 aliphatic carbocycles. The van der Waals surface area contributed by atoms with Crippen LogP contribution in [0.2, 0.25) is 0 Å². The van der Waals surface area contributed by atoms with E-state index in [2.05, 4.69) is 5.32 Å². The van der Waals surface area contributed by atoms with Crippen molar-refractivity contribution in [2.45, 2.75) is 30.9 Å². The molecule has 0 atom stereocenters. The zero-order valence-electron chi connectivity index (χ0n) is 8.69. The van der Waals surface area contributed by atoms with Gasteiger partial charge in [0.2, 0.25) is 0 Å². The highest BCUT2D eigenvalue weighted by atomic mass is 19.4. The molecule has 1 fully saturated rings. The van der Waals surface area contributed by atoms with Gasteiger partial charge in [0.15, 0.2) is 0 Å². The predicted molar refractivity (Wildman–Crippen MR) is 55.5 cm³/mol. The second-order valence-electron chi connectivity index (χ2n) is 4.75. The Bertz CT molecular complexity index is 432. The summed E-state index contributed by atoms with van der Waals surface area (Å²) in [5, 5.41) is 3.20. The van der Waals surface area contributed by atoms with Crippen LogP contribution in [0, 0.1) is 0 Å². The Morgan fingerprint density at radius 1 is 1.19 bits per heavy atom. The van der Waals surface area contributed by atoms with Gasteiger partial charge in [0, 0.05) is 17.6 Å². The second-order valence-corrected chi connectivity index (χ2v) is 4.75. The van der Waals surface area contributed by atoms with Crippen molar-refractivity contribution in [1.29, 1.82) is 0 Å². The summed E-state index contributed by atoms with van der Waals surface area (Å²) in [6.07, 6.45) is -1.09. The monoisotopic (exact) mass is 227 g/mol. The van der Waals surface area contributed by atoms with Crippen molar-refractivity contribution in [2.75, 3.05) is 11.9 Å². The molecule has 1 heterocycles. The highest BCUT2D eigenvalue weighted by molar-refractivity contribution is 5.62. The lowest BCUT2D eigenvalue weighted by molar-refractivity contribution is -0.137. The Balaban J connectivity index is 2.07. The normalized spacial score (nSPS) is 21.4. The third-order valence-corrected chi connectivity index (χ3v) is 3.85. The molecule has 2 aliphatic rings. The molecule has 86 valence electrons. The van der Waals surface area contributed by atoms with E-state index in [1.54, 1.807) is 6.07 Å². The van der Waals surface area contributed by atoms with Crippen molar-refractivity contribution in [3.63, 3.8) is 0 Å². The molecule has 4 heteroatoms. The maximum absolute atomic E-state index is 12.6. The van der Waals surface area contributed by atoms with Gasteiger partial charge in [-0.05, 0) is 36.6 Å². The molecule has 0 amide bonds. The summed E-state index contributed by atoms with van der Waals surface area (Å²) in [5.41, 5.74) is 1.22. The van der Waals surface area contributed by atoms with Crippen LogP contribution >= 0.6 is 0 Å². The van der Waals surface area contributed by atoms with Crippen LogP contribution in [0.5, 0.6) is 0 Å². The maximum atomic E-state index is 12.6. The van der Waals surface area contributed by atoms with Crippen molar-refractivity contribution in [1.82, 2.24) is 0 Å². The lowest BCUT2D eigenvalue weighted by Gasteiger charge is -2.38. The maximum Gasteiger partial charge on any atom is 0.416 e. The number of alkyl halides is 3. The number of halogens is 3. The summed E-state index contributed by atoms with van der Waals surface area (Å²) in [4.78, 5) is 0. The molecule has 1 aromatic carbocycles. The van der Waals surface area contributed by atoms with Crippen molar-refractivity contribution in [2.24, 2.45) is 0 Å². The van der Waals surface area contributed by atoms with E-state index in [9.17, 15) is 13.2 Å². The smallest absolute Gasteiger partial charge is 0.384 e. The number of anilines is 1. The average Bonchev–Trinajstić information content (AvgIpc) is 2.53. The molecule has 16 heavy (non-hydrogen) atoms. The molecule has 0 radical (unpaired) electrons. The van der Waals surface area contributed by atoms with Crippen LogP contribution in [0.25, 0.3) is 0 Å². The van der Waals surface area contributed by atoms with E-state index in [4.69, 9.17) is 0 Å². The number of hydrogen-bond acceptors (Lipinski definition) is 1. The minimum absolute atomic E-state index is 0.00338. The summed E-state index contributed by atoms with van der Waals surface area (Å²) in [6.45, 7) is 0.795. The van der Waals surface area contributed by atoms with E-state index in [-0.39, 0.29) is 5.41 Å². The second kappa shape index (κ2) is 2.93. The minimum Gasteiger partial charge on any atom is -0.384 e. The number of benzene rings is 1. The summed E-state index contributed by atoms with van der Waals surface area (Å²) in [7, 11) is 0. The first-order valence-corrected chi connectivity index (χ1v) is 5.47. The van der Waals surface area contributed by atoms with Gasteiger partial charge in [-0.3, -0.25) is 0 Å². The number of hydrogen-bond donors (Lipinski definition) is 1. The van der Waals surface area contributed by atoms with Gasteiger partial charge < -0.3 is 5.32 Å². The van der Waals surface area contributed by atoms with Crippen LogP contribution in [0.15, 0.2) is 18.2 Å². The molecule has 0 bridgehead atoms. The van der Waals surface area contributed by atoms with Crippen molar-refractivity contribution >= 4 is 5.69 Å². The molecule has 1 nitrogen and oxygen atoms in total. The van der Waals surface area contributed by atoms with Crippen molar-refractivity contribution in [3.05, 3.63) is 29.3 Å². The van der Waals surface area contributed by atoms with Gasteiger partial charge in [0.25, 0.3) is 0 Å². The molecular formula is C12H12F3N. The Morgan fingerprint density at radius 3 is 2.50 bits per heavy atom. The van der Waals surface area contributed by atoms with Gasteiger partial charge in [-0.25, -0.2) is 0 Å². The van der Waals surface area contributed by atoms with E-state index in [0.29, 0.717) is 0 Å². The molecule has 0 saturated heterocycles. The summed E-state index contributed by atoms with van der Waals surface area (Å²) >= 11 is 0. The van der Waals surface area contributed by atoms with E-state index in [1.807, 2.05) is 0 Å². The Morgan fingerprint density at radius 2 is 1.94 bits per heavy atom. The summed E-state index contributed by atoms with van der Waals surface area (Å²) in [5.74, 6) is 0. The number of nitrogens with one attached hydrogen (secondary N) is 1. The Hall–Kier alpha value is -1.19. The SMILES string of the molecule is FC(F)(F)c1ccc2c(c1)C1(CCC1)CN2. The molecule has 0 unspecified atom stereocenters. The van der Waals surface area contributed by atoms with E-state index < -0.39 is 11.7 Å². The molecule has 1 N–H and O–H groups in total. The Labute approximate surface area is 91.7 Å². The average molecular weight is 227 g/mol. The first kappa shape index (κ1) is 10.00. The van der Waals surface area contributed by atoms with Crippen molar-refractivity contribution in [3.8, 4) is 0 Å². The van der Waals surface area contributed by atoms with Gasteiger partial charge in [-0.2, -0.15) is 13.2 Å². The topological polar surface area (TPSA) is 12.0 Å². The van der Waals surface area contributed by atoms with E-state index >= 15 is 0 Å². The fourth-order valence-electron chi connectivity index (χ4n) is 2.72. The summed E-state index contributed by atoms with van der Waals surface area (Å²) in [6, 6.07) is 4.04. The molecule has 3 rings (SSSR count). The molecule has 1 aliphatic heterocycles. The predicted octanol–water partition coefficient (Wildman–Crippen LogP) is 3.55. The third kappa shape index (κ3) is 1.25. The first-order valence-electron chi connectivity index (χ1n) is 5.47. The van der Waals surface area contributed by atoms with E-state index in [0.717, 1.165) is 43.1 Å². The van der Waals surface area contributed by atoms with E-state index in [1.165, 1.54) is 6.07 Å². The molecular weight excluding hydrogens is 215 g/mol. The van der Waals surface area contributed by atoms with Crippen LogP contribution < -0.4 is 5.32 Å². The van der Waals surface area contributed by atoms with Gasteiger partial charge in [0.05, 0.1) is 5.56 Å². The van der Waals surface area contributed by atoms with Gasteiger partial charge in [-0.15, -0.1) is 0 Å². The highest BCUT2D eigenvalue weighted by Crippen LogP contribution is 2.51. The van der Waals surface area contributed by atoms with Gasteiger partial charge in [-0.1, -0.05) is 6.42 Å². The Kier molecular flexibility index (Phi) is 1.83. The zero-order chi connectivity index (χ0) is 11.4. The van der Waals surface area contributed by atoms with Crippen LogP contribution in [-0.2, 0) is 11.6 Å². The number of rotatable bonds is 0.